The van der Waals surface area contributed by atoms with E-state index in [0.29, 0.717) is 19.0 Å². The molecule has 1 aliphatic heterocycles. The summed E-state index contributed by atoms with van der Waals surface area (Å²) >= 11 is 5.86. The SMILES string of the molecule is CC(C)CN1CCN(CC(=O)NCCc2ccc(Cl)cc2)CC1. The third kappa shape index (κ3) is 6.90. The van der Waals surface area contributed by atoms with Gasteiger partial charge >= 0.3 is 0 Å². The summed E-state index contributed by atoms with van der Waals surface area (Å²) in [7, 11) is 0. The summed E-state index contributed by atoms with van der Waals surface area (Å²) in [4.78, 5) is 16.8. The largest absolute Gasteiger partial charge is 0.355 e. The lowest BCUT2D eigenvalue weighted by Gasteiger charge is -2.35. The Bertz CT molecular complexity index is 482. The molecule has 1 N–H and O–H groups in total. The van der Waals surface area contributed by atoms with Crippen molar-refractivity contribution in [3.63, 3.8) is 0 Å². The summed E-state index contributed by atoms with van der Waals surface area (Å²) in [6.45, 7) is 10.9. The molecule has 0 bridgehead atoms. The van der Waals surface area contributed by atoms with Gasteiger partial charge in [0.25, 0.3) is 0 Å². The summed E-state index contributed by atoms with van der Waals surface area (Å²) in [5, 5.41) is 3.75. The Kier molecular flexibility index (Phi) is 7.34. The summed E-state index contributed by atoms with van der Waals surface area (Å²) in [5.41, 5.74) is 1.19. The highest BCUT2D eigenvalue weighted by Gasteiger charge is 2.19. The number of nitrogens with zero attached hydrogens (tertiary/aromatic N) is 2. The van der Waals surface area contributed by atoms with Crippen LogP contribution in [-0.4, -0.2) is 61.5 Å². The highest BCUT2D eigenvalue weighted by molar-refractivity contribution is 6.30. The number of piperazine rings is 1. The van der Waals surface area contributed by atoms with Crippen LogP contribution in [0.1, 0.15) is 19.4 Å². The zero-order valence-electron chi connectivity index (χ0n) is 14.2. The summed E-state index contributed by atoms with van der Waals surface area (Å²) in [5.74, 6) is 0.828. The first-order valence-corrected chi connectivity index (χ1v) is 8.86. The van der Waals surface area contributed by atoms with E-state index in [9.17, 15) is 4.79 Å². The van der Waals surface area contributed by atoms with E-state index in [-0.39, 0.29) is 5.91 Å². The number of nitrogens with one attached hydrogen (secondary N) is 1. The monoisotopic (exact) mass is 337 g/mol. The average Bonchev–Trinajstić information content (AvgIpc) is 2.51. The fraction of sp³-hybridized carbons (Fsp3) is 0.611. The van der Waals surface area contributed by atoms with Crippen molar-refractivity contribution in [3.8, 4) is 0 Å². The molecule has 0 atom stereocenters. The van der Waals surface area contributed by atoms with Gasteiger partial charge in [-0.2, -0.15) is 0 Å². The fourth-order valence-electron chi connectivity index (χ4n) is 2.90. The summed E-state index contributed by atoms with van der Waals surface area (Å²) < 4.78 is 0. The molecular formula is C18H28ClN3O. The quantitative estimate of drug-likeness (QED) is 0.829. The Hall–Kier alpha value is -1.10. The topological polar surface area (TPSA) is 35.6 Å². The number of hydrogen-bond donors (Lipinski definition) is 1. The minimum absolute atomic E-state index is 0.122. The van der Waals surface area contributed by atoms with Gasteiger partial charge in [0.1, 0.15) is 0 Å². The fourth-order valence-corrected chi connectivity index (χ4v) is 3.03. The van der Waals surface area contributed by atoms with Crippen LogP contribution >= 0.6 is 11.6 Å². The molecule has 1 fully saturated rings. The molecule has 4 nitrogen and oxygen atoms in total. The molecule has 2 rings (SSSR count). The van der Waals surface area contributed by atoms with Crippen LogP contribution in [0.2, 0.25) is 5.02 Å². The number of hydrogen-bond acceptors (Lipinski definition) is 3. The molecule has 0 saturated carbocycles. The van der Waals surface area contributed by atoms with Crippen LogP contribution in [0.15, 0.2) is 24.3 Å². The molecule has 23 heavy (non-hydrogen) atoms. The second kappa shape index (κ2) is 9.26. The zero-order chi connectivity index (χ0) is 16.7. The highest BCUT2D eigenvalue weighted by Crippen LogP contribution is 2.09. The molecule has 1 heterocycles. The highest BCUT2D eigenvalue weighted by atomic mass is 35.5. The van der Waals surface area contributed by atoms with Crippen molar-refractivity contribution in [2.24, 2.45) is 5.92 Å². The maximum atomic E-state index is 12.0. The third-order valence-electron chi connectivity index (χ3n) is 4.10. The Morgan fingerprint density at radius 3 is 2.35 bits per heavy atom. The molecule has 0 unspecified atom stereocenters. The normalized spacial score (nSPS) is 16.7. The zero-order valence-corrected chi connectivity index (χ0v) is 15.0. The number of halogens is 1. The first-order chi connectivity index (χ1) is 11.0. The van der Waals surface area contributed by atoms with E-state index in [0.717, 1.165) is 44.2 Å². The van der Waals surface area contributed by atoms with Gasteiger partial charge in [-0.05, 0) is 30.0 Å². The van der Waals surface area contributed by atoms with E-state index in [1.165, 1.54) is 5.56 Å². The molecule has 1 saturated heterocycles. The van der Waals surface area contributed by atoms with Crippen LogP contribution in [0.4, 0.5) is 0 Å². The number of amides is 1. The minimum Gasteiger partial charge on any atom is -0.355 e. The molecule has 0 spiro atoms. The predicted octanol–water partition coefficient (Wildman–Crippen LogP) is 2.27. The van der Waals surface area contributed by atoms with E-state index < -0.39 is 0 Å². The standard InChI is InChI=1S/C18H28ClN3O/c1-15(2)13-21-9-11-22(12-10-21)14-18(23)20-8-7-16-3-5-17(19)6-4-16/h3-6,15H,7-14H2,1-2H3,(H,20,23). The van der Waals surface area contributed by atoms with E-state index in [1.54, 1.807) is 0 Å². The Morgan fingerprint density at radius 1 is 1.13 bits per heavy atom. The first kappa shape index (κ1) is 18.2. The lowest BCUT2D eigenvalue weighted by Crippen LogP contribution is -2.50. The van der Waals surface area contributed by atoms with Crippen molar-refractivity contribution in [1.82, 2.24) is 15.1 Å². The van der Waals surface area contributed by atoms with Gasteiger partial charge < -0.3 is 10.2 Å². The number of benzene rings is 1. The van der Waals surface area contributed by atoms with Gasteiger partial charge in [-0.3, -0.25) is 9.69 Å². The summed E-state index contributed by atoms with van der Waals surface area (Å²) in [6, 6.07) is 7.77. The van der Waals surface area contributed by atoms with E-state index in [1.807, 2.05) is 24.3 Å². The lowest BCUT2D eigenvalue weighted by molar-refractivity contribution is -0.122. The Morgan fingerprint density at radius 2 is 1.74 bits per heavy atom. The van der Waals surface area contributed by atoms with Crippen LogP contribution < -0.4 is 5.32 Å². The van der Waals surface area contributed by atoms with Crippen LogP contribution in [-0.2, 0) is 11.2 Å². The second-order valence-corrected chi connectivity index (χ2v) is 7.13. The van der Waals surface area contributed by atoms with Crippen molar-refractivity contribution in [1.29, 1.82) is 0 Å². The van der Waals surface area contributed by atoms with Gasteiger partial charge in [0.2, 0.25) is 5.91 Å². The van der Waals surface area contributed by atoms with Gasteiger partial charge in [-0.25, -0.2) is 0 Å². The lowest BCUT2D eigenvalue weighted by atomic mass is 10.1. The molecule has 1 aromatic rings. The van der Waals surface area contributed by atoms with Gasteiger partial charge in [0, 0.05) is 44.3 Å². The van der Waals surface area contributed by atoms with Crippen LogP contribution in [0.25, 0.3) is 0 Å². The Labute approximate surface area is 144 Å². The molecule has 0 aromatic heterocycles. The van der Waals surface area contributed by atoms with E-state index >= 15 is 0 Å². The molecule has 1 aromatic carbocycles. The van der Waals surface area contributed by atoms with Crippen molar-refractivity contribution >= 4 is 17.5 Å². The minimum atomic E-state index is 0.122. The van der Waals surface area contributed by atoms with Crippen LogP contribution in [0.5, 0.6) is 0 Å². The first-order valence-electron chi connectivity index (χ1n) is 8.49. The molecule has 0 aliphatic carbocycles. The molecule has 1 amide bonds. The maximum absolute atomic E-state index is 12.0. The molecule has 1 aliphatic rings. The van der Waals surface area contributed by atoms with Gasteiger partial charge in [-0.1, -0.05) is 37.6 Å². The predicted molar refractivity (Wildman–Crippen MR) is 95.9 cm³/mol. The van der Waals surface area contributed by atoms with Crippen LogP contribution in [0, 0.1) is 5.92 Å². The van der Waals surface area contributed by atoms with Crippen molar-refractivity contribution in [2.75, 3.05) is 45.8 Å². The molecule has 0 radical (unpaired) electrons. The third-order valence-corrected chi connectivity index (χ3v) is 4.36. The van der Waals surface area contributed by atoms with Gasteiger partial charge in [0.05, 0.1) is 6.54 Å². The number of carbonyl (C=O) groups excluding carboxylic acids is 1. The van der Waals surface area contributed by atoms with E-state index in [2.05, 4.69) is 29.0 Å². The van der Waals surface area contributed by atoms with Gasteiger partial charge in [0.15, 0.2) is 0 Å². The van der Waals surface area contributed by atoms with Gasteiger partial charge in [-0.15, -0.1) is 0 Å². The molecule has 5 heteroatoms. The van der Waals surface area contributed by atoms with Crippen molar-refractivity contribution < 1.29 is 4.79 Å². The molecule has 128 valence electrons. The Balaban J connectivity index is 1.61. The number of rotatable bonds is 7. The van der Waals surface area contributed by atoms with Crippen molar-refractivity contribution in [2.45, 2.75) is 20.3 Å². The summed E-state index contributed by atoms with van der Waals surface area (Å²) in [6.07, 6.45) is 0.838. The van der Waals surface area contributed by atoms with E-state index in [4.69, 9.17) is 11.6 Å². The smallest absolute Gasteiger partial charge is 0.234 e. The number of carbonyl (C=O) groups is 1. The molecular weight excluding hydrogens is 310 g/mol. The van der Waals surface area contributed by atoms with Crippen molar-refractivity contribution in [3.05, 3.63) is 34.9 Å². The average molecular weight is 338 g/mol. The maximum Gasteiger partial charge on any atom is 0.234 e. The second-order valence-electron chi connectivity index (χ2n) is 6.70. The van der Waals surface area contributed by atoms with Crippen LogP contribution in [0.3, 0.4) is 0 Å².